The van der Waals surface area contributed by atoms with Gasteiger partial charge in [0, 0.05) is 36.9 Å². The molecule has 0 saturated carbocycles. The van der Waals surface area contributed by atoms with E-state index in [1.807, 2.05) is 6.20 Å². The molecular weight excluding hydrogens is 374 g/mol. The molecule has 0 aliphatic rings. The normalized spacial score (nSPS) is 12.1. The number of rotatable bonds is 6. The second kappa shape index (κ2) is 7.94. The predicted molar refractivity (Wildman–Crippen MR) is 105 cm³/mol. The Hall–Kier alpha value is -3.37. The van der Waals surface area contributed by atoms with Gasteiger partial charge >= 0.3 is 7.12 Å². The summed E-state index contributed by atoms with van der Waals surface area (Å²) < 4.78 is 16.7. The number of hydrogen-bond donors (Lipinski definition) is 2. The van der Waals surface area contributed by atoms with Crippen molar-refractivity contribution in [2.45, 2.75) is 12.5 Å². The Kier molecular flexibility index (Phi) is 5.19. The van der Waals surface area contributed by atoms with E-state index in [4.69, 9.17) is 0 Å². The van der Waals surface area contributed by atoms with Crippen molar-refractivity contribution in [3.05, 3.63) is 78.3 Å². The van der Waals surface area contributed by atoms with E-state index in [9.17, 15) is 14.4 Å². The van der Waals surface area contributed by atoms with Gasteiger partial charge in [0.15, 0.2) is 0 Å². The van der Waals surface area contributed by atoms with Crippen LogP contribution in [-0.4, -0.2) is 46.9 Å². The standard InChI is InChI=1S/C19H18BFN6O2/c1-26-19(11-23-25-26)14-9-24-27(12-14)18(8-13-2-5-16(21)6-3-13)17-7-4-15(10-22-17)20(28)29/h2-7,9-12,18,28-29H,8H2,1H3. The first kappa shape index (κ1) is 19.0. The maximum Gasteiger partial charge on any atom is 0.490 e. The largest absolute Gasteiger partial charge is 0.490 e. The Balaban J connectivity index is 1.70. The summed E-state index contributed by atoms with van der Waals surface area (Å²) in [5, 5.41) is 31.0. The summed E-state index contributed by atoms with van der Waals surface area (Å²) in [5.41, 5.74) is 3.59. The van der Waals surface area contributed by atoms with Crippen molar-refractivity contribution >= 4 is 12.6 Å². The third-order valence-electron chi connectivity index (χ3n) is 4.72. The van der Waals surface area contributed by atoms with Crippen LogP contribution in [-0.2, 0) is 13.5 Å². The maximum atomic E-state index is 13.3. The molecule has 3 aromatic heterocycles. The van der Waals surface area contributed by atoms with E-state index in [1.54, 1.807) is 53.1 Å². The zero-order valence-corrected chi connectivity index (χ0v) is 15.6. The minimum atomic E-state index is -1.58. The van der Waals surface area contributed by atoms with Crippen molar-refractivity contribution in [3.8, 4) is 11.3 Å². The molecule has 0 aliphatic heterocycles. The van der Waals surface area contributed by atoms with Crippen molar-refractivity contribution in [2.24, 2.45) is 7.05 Å². The van der Waals surface area contributed by atoms with Crippen LogP contribution >= 0.6 is 0 Å². The summed E-state index contributed by atoms with van der Waals surface area (Å²) in [6, 6.07) is 9.35. The molecule has 29 heavy (non-hydrogen) atoms. The molecule has 1 atom stereocenters. The van der Waals surface area contributed by atoms with Gasteiger partial charge in [0.05, 0.1) is 29.8 Å². The molecule has 0 bridgehead atoms. The molecule has 3 heterocycles. The minimum Gasteiger partial charge on any atom is -0.423 e. The first-order chi connectivity index (χ1) is 14.0. The molecule has 0 radical (unpaired) electrons. The van der Waals surface area contributed by atoms with E-state index < -0.39 is 7.12 Å². The van der Waals surface area contributed by atoms with Gasteiger partial charge < -0.3 is 10.0 Å². The molecule has 4 aromatic rings. The van der Waals surface area contributed by atoms with Gasteiger partial charge in [-0.3, -0.25) is 9.67 Å². The van der Waals surface area contributed by atoms with Gasteiger partial charge in [-0.15, -0.1) is 5.10 Å². The van der Waals surface area contributed by atoms with E-state index >= 15 is 0 Å². The maximum absolute atomic E-state index is 13.3. The van der Waals surface area contributed by atoms with Crippen LogP contribution < -0.4 is 5.46 Å². The lowest BCUT2D eigenvalue weighted by molar-refractivity contribution is 0.425. The molecule has 1 unspecified atom stereocenters. The van der Waals surface area contributed by atoms with Crippen LogP contribution in [0, 0.1) is 5.82 Å². The predicted octanol–water partition coefficient (Wildman–Crippen LogP) is 0.725. The van der Waals surface area contributed by atoms with Gasteiger partial charge in [-0.2, -0.15) is 5.10 Å². The number of benzene rings is 1. The summed E-state index contributed by atoms with van der Waals surface area (Å²) in [6.45, 7) is 0. The molecule has 0 aliphatic carbocycles. The van der Waals surface area contributed by atoms with Crippen molar-refractivity contribution in [1.29, 1.82) is 0 Å². The number of pyridine rings is 1. The number of halogens is 1. The van der Waals surface area contributed by atoms with E-state index in [2.05, 4.69) is 20.4 Å². The fourth-order valence-electron chi connectivity index (χ4n) is 3.14. The summed E-state index contributed by atoms with van der Waals surface area (Å²) in [5.74, 6) is -0.296. The fourth-order valence-corrected chi connectivity index (χ4v) is 3.14. The highest BCUT2D eigenvalue weighted by atomic mass is 19.1. The van der Waals surface area contributed by atoms with Gasteiger partial charge in [-0.05, 0) is 23.8 Å². The lowest BCUT2D eigenvalue weighted by atomic mass is 9.81. The van der Waals surface area contributed by atoms with Gasteiger partial charge in [0.1, 0.15) is 5.82 Å². The van der Waals surface area contributed by atoms with Crippen LogP contribution in [0.3, 0.4) is 0 Å². The Morgan fingerprint density at radius 2 is 1.86 bits per heavy atom. The Morgan fingerprint density at radius 1 is 1.07 bits per heavy atom. The fraction of sp³-hybridized carbons (Fsp3) is 0.158. The molecule has 146 valence electrons. The zero-order valence-electron chi connectivity index (χ0n) is 15.6. The third-order valence-corrected chi connectivity index (χ3v) is 4.72. The number of nitrogens with zero attached hydrogens (tertiary/aromatic N) is 6. The molecule has 0 spiro atoms. The summed E-state index contributed by atoms with van der Waals surface area (Å²) in [4.78, 5) is 4.40. The van der Waals surface area contributed by atoms with Crippen LogP contribution in [0.2, 0.25) is 0 Å². The first-order valence-electron chi connectivity index (χ1n) is 8.97. The van der Waals surface area contributed by atoms with Gasteiger partial charge in [0.25, 0.3) is 0 Å². The van der Waals surface area contributed by atoms with Crippen LogP contribution in [0.5, 0.6) is 0 Å². The van der Waals surface area contributed by atoms with Gasteiger partial charge in [-0.1, -0.05) is 23.4 Å². The SMILES string of the molecule is Cn1nncc1-c1cnn(C(Cc2ccc(F)cc2)c2ccc(B(O)O)cn2)c1. The van der Waals surface area contributed by atoms with Crippen molar-refractivity contribution < 1.29 is 14.4 Å². The first-order valence-corrected chi connectivity index (χ1v) is 8.97. The molecule has 0 amide bonds. The summed E-state index contributed by atoms with van der Waals surface area (Å²) in [6.07, 6.45) is 7.21. The third kappa shape index (κ3) is 4.08. The molecular formula is C19H18BFN6O2. The molecule has 10 heteroatoms. The highest BCUT2D eigenvalue weighted by Crippen LogP contribution is 2.24. The van der Waals surface area contributed by atoms with E-state index in [0.717, 1.165) is 16.8 Å². The zero-order chi connectivity index (χ0) is 20.4. The molecule has 8 nitrogen and oxygen atoms in total. The van der Waals surface area contributed by atoms with Crippen LogP contribution in [0.15, 0.2) is 61.2 Å². The highest BCUT2D eigenvalue weighted by molar-refractivity contribution is 6.58. The van der Waals surface area contributed by atoms with Crippen molar-refractivity contribution in [2.75, 3.05) is 0 Å². The Morgan fingerprint density at radius 3 is 2.48 bits per heavy atom. The molecule has 1 aromatic carbocycles. The minimum absolute atomic E-state index is 0.278. The highest BCUT2D eigenvalue weighted by Gasteiger charge is 2.20. The Bertz CT molecular complexity index is 1090. The van der Waals surface area contributed by atoms with E-state index in [1.165, 1.54) is 18.3 Å². The molecule has 2 N–H and O–H groups in total. The van der Waals surface area contributed by atoms with Crippen molar-refractivity contribution in [3.63, 3.8) is 0 Å². The summed E-state index contributed by atoms with van der Waals surface area (Å²) in [7, 11) is 0.219. The molecule has 0 fully saturated rings. The summed E-state index contributed by atoms with van der Waals surface area (Å²) >= 11 is 0. The second-order valence-corrected chi connectivity index (χ2v) is 6.69. The quantitative estimate of drug-likeness (QED) is 0.469. The lowest BCUT2D eigenvalue weighted by Gasteiger charge is -2.18. The number of aromatic nitrogens is 6. The van der Waals surface area contributed by atoms with Crippen LogP contribution in [0.25, 0.3) is 11.3 Å². The smallest absolute Gasteiger partial charge is 0.423 e. The van der Waals surface area contributed by atoms with Crippen LogP contribution in [0.4, 0.5) is 4.39 Å². The van der Waals surface area contributed by atoms with Gasteiger partial charge in [0.2, 0.25) is 0 Å². The van der Waals surface area contributed by atoms with Gasteiger partial charge in [-0.25, -0.2) is 9.07 Å². The number of hydrogen-bond acceptors (Lipinski definition) is 6. The topological polar surface area (TPSA) is 102 Å². The molecule has 0 saturated heterocycles. The number of aryl methyl sites for hydroxylation is 1. The second-order valence-electron chi connectivity index (χ2n) is 6.69. The Labute approximate surface area is 166 Å². The average molecular weight is 392 g/mol. The van der Waals surface area contributed by atoms with E-state index in [0.29, 0.717) is 17.6 Å². The average Bonchev–Trinajstić information content (AvgIpc) is 3.36. The lowest BCUT2D eigenvalue weighted by Crippen LogP contribution is -2.30. The monoisotopic (exact) mass is 392 g/mol. The molecule has 4 rings (SSSR count). The van der Waals surface area contributed by atoms with Crippen molar-refractivity contribution in [1.82, 2.24) is 29.8 Å². The van der Waals surface area contributed by atoms with Crippen LogP contribution in [0.1, 0.15) is 17.3 Å². The van der Waals surface area contributed by atoms with E-state index in [-0.39, 0.29) is 11.9 Å².